The van der Waals surface area contributed by atoms with Gasteiger partial charge in [0, 0.05) is 29.3 Å². The van der Waals surface area contributed by atoms with Gasteiger partial charge < -0.3 is 16.4 Å². The molecule has 0 aliphatic carbocycles. The summed E-state index contributed by atoms with van der Waals surface area (Å²) in [6.07, 6.45) is 0.0130. The Morgan fingerprint density at radius 1 is 1.07 bits per heavy atom. The highest BCUT2D eigenvalue weighted by molar-refractivity contribution is 9.10. The van der Waals surface area contributed by atoms with Gasteiger partial charge in [-0.15, -0.1) is 0 Å². The van der Waals surface area contributed by atoms with Gasteiger partial charge in [-0.1, -0.05) is 45.7 Å². The Labute approximate surface area is 181 Å². The Bertz CT molecular complexity index is 926. The molecule has 0 unspecified atom stereocenters. The smallest absolute Gasteiger partial charge is 0.243 e. The molecule has 0 spiro atoms. The second-order valence-electron chi connectivity index (χ2n) is 6.45. The van der Waals surface area contributed by atoms with Gasteiger partial charge in [-0.2, -0.15) is 0 Å². The molecule has 0 saturated carbocycles. The lowest BCUT2D eigenvalue weighted by Crippen LogP contribution is -2.54. The van der Waals surface area contributed by atoms with Crippen molar-refractivity contribution >= 4 is 45.3 Å². The molecule has 0 saturated heterocycles. The minimum absolute atomic E-state index is 0.0789. The number of hydrogen-bond acceptors (Lipinski definition) is 3. The fourth-order valence-corrected chi connectivity index (χ4v) is 3.36. The number of nitrogens with one attached hydrogen (secondary N) is 2. The van der Waals surface area contributed by atoms with Crippen molar-refractivity contribution in [1.29, 1.82) is 0 Å². The van der Waals surface area contributed by atoms with Gasteiger partial charge in [-0.3, -0.25) is 14.4 Å². The van der Waals surface area contributed by atoms with Crippen LogP contribution in [0, 0.1) is 5.82 Å². The summed E-state index contributed by atoms with van der Waals surface area (Å²) in [4.78, 5) is 36.2. The molecule has 9 heteroatoms. The summed E-state index contributed by atoms with van der Waals surface area (Å²) < 4.78 is 14.7. The van der Waals surface area contributed by atoms with Crippen LogP contribution in [0.3, 0.4) is 0 Å². The van der Waals surface area contributed by atoms with Crippen LogP contribution < -0.4 is 16.4 Å². The topological polar surface area (TPSA) is 101 Å². The number of halogens is 3. The SMILES string of the molecule is CC(=O)N[C@H](Cc1ccccc1F)C(=O)N[C@H](Cc1cc(Cl)ccc1Br)C(N)=O. The van der Waals surface area contributed by atoms with Gasteiger partial charge in [0.1, 0.15) is 17.9 Å². The average molecular weight is 485 g/mol. The third-order valence-electron chi connectivity index (χ3n) is 4.17. The van der Waals surface area contributed by atoms with Gasteiger partial charge in [-0.05, 0) is 35.4 Å². The molecule has 4 N–H and O–H groups in total. The summed E-state index contributed by atoms with van der Waals surface area (Å²) in [5, 5.41) is 5.49. The summed E-state index contributed by atoms with van der Waals surface area (Å²) in [7, 11) is 0. The van der Waals surface area contributed by atoms with E-state index in [1.54, 1.807) is 24.3 Å². The minimum atomic E-state index is -1.07. The lowest BCUT2D eigenvalue weighted by Gasteiger charge is -2.22. The quantitative estimate of drug-likeness (QED) is 0.536. The normalized spacial score (nSPS) is 12.7. The van der Waals surface area contributed by atoms with Crippen LogP contribution in [0.4, 0.5) is 4.39 Å². The Morgan fingerprint density at radius 2 is 1.72 bits per heavy atom. The van der Waals surface area contributed by atoms with Crippen LogP contribution >= 0.6 is 27.5 Å². The first-order chi connectivity index (χ1) is 13.7. The first-order valence-electron chi connectivity index (χ1n) is 8.71. The molecule has 2 aromatic rings. The summed E-state index contributed by atoms with van der Waals surface area (Å²) in [5.74, 6) is -2.36. The third kappa shape index (κ3) is 6.83. The van der Waals surface area contributed by atoms with E-state index in [0.29, 0.717) is 15.1 Å². The van der Waals surface area contributed by atoms with Crippen LogP contribution in [0.5, 0.6) is 0 Å². The van der Waals surface area contributed by atoms with Gasteiger partial charge >= 0.3 is 0 Å². The van der Waals surface area contributed by atoms with Crippen molar-refractivity contribution in [2.75, 3.05) is 0 Å². The molecule has 0 fully saturated rings. The van der Waals surface area contributed by atoms with E-state index in [4.69, 9.17) is 17.3 Å². The monoisotopic (exact) mass is 483 g/mol. The van der Waals surface area contributed by atoms with Crippen LogP contribution in [0.2, 0.25) is 5.02 Å². The summed E-state index contributed by atoms with van der Waals surface area (Å²) in [6.45, 7) is 1.25. The molecule has 0 aliphatic rings. The zero-order valence-electron chi connectivity index (χ0n) is 15.5. The Hall–Kier alpha value is -2.45. The maximum atomic E-state index is 14.0. The molecule has 0 bridgehead atoms. The van der Waals surface area contributed by atoms with Crippen LogP contribution in [0.1, 0.15) is 18.1 Å². The summed E-state index contributed by atoms with van der Waals surface area (Å²) in [6, 6.07) is 8.86. The van der Waals surface area contributed by atoms with E-state index in [9.17, 15) is 18.8 Å². The number of hydrogen-bond donors (Lipinski definition) is 3. The van der Waals surface area contributed by atoms with E-state index >= 15 is 0 Å². The summed E-state index contributed by atoms with van der Waals surface area (Å²) in [5.41, 5.74) is 6.38. The molecular weight excluding hydrogens is 465 g/mol. The van der Waals surface area contributed by atoms with Crippen molar-refractivity contribution in [3.8, 4) is 0 Å². The van der Waals surface area contributed by atoms with Crippen molar-refractivity contribution in [3.05, 3.63) is 68.9 Å². The molecule has 154 valence electrons. The average Bonchev–Trinajstić information content (AvgIpc) is 2.64. The Balaban J connectivity index is 2.19. The van der Waals surface area contributed by atoms with Crippen LogP contribution in [-0.4, -0.2) is 29.8 Å². The fraction of sp³-hybridized carbons (Fsp3) is 0.250. The molecule has 6 nitrogen and oxygen atoms in total. The van der Waals surface area contributed by atoms with Crippen molar-refractivity contribution in [1.82, 2.24) is 10.6 Å². The Kier molecular flexibility index (Phi) is 8.16. The van der Waals surface area contributed by atoms with Gasteiger partial charge in [0.15, 0.2) is 0 Å². The standard InChI is InChI=1S/C20H20BrClFN3O3/c1-11(27)25-18(9-12-4-2-3-5-16(12)23)20(29)26-17(19(24)28)10-13-8-14(22)6-7-15(13)21/h2-8,17-18H,9-10H2,1H3,(H2,24,28)(H,25,27)(H,26,29)/t17-,18-/m1/s1. The van der Waals surface area contributed by atoms with Crippen molar-refractivity contribution in [3.63, 3.8) is 0 Å². The highest BCUT2D eigenvalue weighted by Gasteiger charge is 2.26. The number of carbonyl (C=O) groups is 3. The van der Waals surface area contributed by atoms with Crippen LogP contribution in [0.15, 0.2) is 46.9 Å². The molecule has 0 heterocycles. The van der Waals surface area contributed by atoms with E-state index < -0.39 is 35.6 Å². The first kappa shape index (κ1) is 22.8. The lowest BCUT2D eigenvalue weighted by atomic mass is 10.0. The second-order valence-corrected chi connectivity index (χ2v) is 7.74. The fourth-order valence-electron chi connectivity index (χ4n) is 2.75. The van der Waals surface area contributed by atoms with E-state index in [2.05, 4.69) is 26.6 Å². The highest BCUT2D eigenvalue weighted by atomic mass is 79.9. The molecule has 0 aliphatic heterocycles. The summed E-state index contributed by atoms with van der Waals surface area (Å²) >= 11 is 9.36. The number of carbonyl (C=O) groups excluding carboxylic acids is 3. The van der Waals surface area contributed by atoms with Gasteiger partial charge in [-0.25, -0.2) is 4.39 Å². The zero-order chi connectivity index (χ0) is 21.6. The maximum Gasteiger partial charge on any atom is 0.243 e. The van der Waals surface area contributed by atoms with E-state index in [1.807, 2.05) is 0 Å². The lowest BCUT2D eigenvalue weighted by molar-refractivity contribution is -0.130. The third-order valence-corrected chi connectivity index (χ3v) is 5.18. The van der Waals surface area contributed by atoms with E-state index in [1.165, 1.54) is 25.1 Å². The maximum absolute atomic E-state index is 14.0. The molecule has 2 atom stereocenters. The van der Waals surface area contributed by atoms with Crippen molar-refractivity contribution in [2.24, 2.45) is 5.73 Å². The highest BCUT2D eigenvalue weighted by Crippen LogP contribution is 2.22. The number of nitrogens with two attached hydrogens (primary N) is 1. The predicted molar refractivity (Wildman–Crippen MR) is 112 cm³/mol. The second kappa shape index (κ2) is 10.4. The number of rotatable bonds is 8. The molecule has 29 heavy (non-hydrogen) atoms. The minimum Gasteiger partial charge on any atom is -0.368 e. The molecule has 0 radical (unpaired) electrons. The van der Waals surface area contributed by atoms with Gasteiger partial charge in [0.25, 0.3) is 0 Å². The predicted octanol–water partition coefficient (Wildman–Crippen LogP) is 2.50. The first-order valence-corrected chi connectivity index (χ1v) is 9.88. The number of benzene rings is 2. The van der Waals surface area contributed by atoms with Crippen LogP contribution in [0.25, 0.3) is 0 Å². The zero-order valence-corrected chi connectivity index (χ0v) is 17.9. The van der Waals surface area contributed by atoms with Gasteiger partial charge in [0.05, 0.1) is 0 Å². The Morgan fingerprint density at radius 3 is 2.34 bits per heavy atom. The van der Waals surface area contributed by atoms with E-state index in [-0.39, 0.29) is 18.4 Å². The molecule has 2 rings (SSSR count). The molecule has 0 aromatic heterocycles. The van der Waals surface area contributed by atoms with Crippen molar-refractivity contribution < 1.29 is 18.8 Å². The number of amides is 3. The largest absolute Gasteiger partial charge is 0.368 e. The van der Waals surface area contributed by atoms with Crippen molar-refractivity contribution in [2.45, 2.75) is 31.8 Å². The van der Waals surface area contributed by atoms with E-state index in [0.717, 1.165) is 0 Å². The van der Waals surface area contributed by atoms with Gasteiger partial charge in [0.2, 0.25) is 17.7 Å². The van der Waals surface area contributed by atoms with Crippen LogP contribution in [-0.2, 0) is 27.2 Å². The molecule has 2 aromatic carbocycles. The molecule has 3 amide bonds. The number of primary amides is 1. The molecular formula is C20H20BrClFN3O3.